The molecule has 3 aromatic rings. The number of hydrogen-bond donors (Lipinski definition) is 2. The standard InChI is InChI=1S/C20H21N5O/c21-19(26)15-10-17(23-16-5-2-1-4-14(15)16)25-9-3-7-20(12-25)8-6-13-11-22-24-18(13)20/h1-2,4-5,10-11H,3,6-9,12H2,(H2,21,26)(H,22,24). The monoisotopic (exact) mass is 347 g/mol. The van der Waals surface area contributed by atoms with E-state index >= 15 is 0 Å². The van der Waals surface area contributed by atoms with Gasteiger partial charge < -0.3 is 10.6 Å². The summed E-state index contributed by atoms with van der Waals surface area (Å²) < 4.78 is 0. The number of rotatable bonds is 2. The van der Waals surface area contributed by atoms with Gasteiger partial charge in [-0.15, -0.1) is 0 Å². The van der Waals surface area contributed by atoms with Crippen LogP contribution < -0.4 is 10.6 Å². The number of piperidine rings is 1. The van der Waals surface area contributed by atoms with Crippen LogP contribution in [0.4, 0.5) is 5.82 Å². The summed E-state index contributed by atoms with van der Waals surface area (Å²) in [5.74, 6) is 0.429. The molecule has 3 N–H and O–H groups in total. The Kier molecular flexibility index (Phi) is 3.29. The van der Waals surface area contributed by atoms with Gasteiger partial charge in [-0.05, 0) is 43.4 Å². The van der Waals surface area contributed by atoms with Crippen molar-refractivity contribution in [3.63, 3.8) is 0 Å². The predicted molar refractivity (Wildman–Crippen MR) is 100 cm³/mol. The molecule has 5 rings (SSSR count). The van der Waals surface area contributed by atoms with Crippen LogP contribution in [0.3, 0.4) is 0 Å². The van der Waals surface area contributed by atoms with Gasteiger partial charge in [0.2, 0.25) is 5.91 Å². The first-order chi connectivity index (χ1) is 12.7. The maximum atomic E-state index is 12.0. The van der Waals surface area contributed by atoms with Gasteiger partial charge in [0.25, 0.3) is 0 Å². The van der Waals surface area contributed by atoms with Gasteiger partial charge in [0.1, 0.15) is 5.82 Å². The minimum atomic E-state index is -0.409. The molecule has 2 aliphatic rings. The fourth-order valence-electron chi connectivity index (χ4n) is 4.72. The molecule has 0 bridgehead atoms. The smallest absolute Gasteiger partial charge is 0.249 e. The Morgan fingerprint density at radius 3 is 3.04 bits per heavy atom. The number of aromatic amines is 1. The zero-order valence-electron chi connectivity index (χ0n) is 14.5. The second-order valence-corrected chi connectivity index (χ2v) is 7.49. The summed E-state index contributed by atoms with van der Waals surface area (Å²) in [7, 11) is 0. The summed E-state index contributed by atoms with van der Waals surface area (Å²) >= 11 is 0. The normalized spacial score (nSPS) is 22.1. The Morgan fingerprint density at radius 2 is 2.15 bits per heavy atom. The fraction of sp³-hybridized carbons (Fsp3) is 0.350. The second kappa shape index (κ2) is 5.56. The number of benzene rings is 1. The molecule has 3 heterocycles. The molecule has 6 heteroatoms. The maximum Gasteiger partial charge on any atom is 0.249 e. The van der Waals surface area contributed by atoms with Gasteiger partial charge in [-0.1, -0.05) is 18.2 Å². The number of nitrogens with zero attached hydrogens (tertiary/aromatic N) is 3. The lowest BCUT2D eigenvalue weighted by atomic mass is 9.77. The molecule has 0 saturated carbocycles. The van der Waals surface area contributed by atoms with E-state index in [1.54, 1.807) is 0 Å². The third kappa shape index (κ3) is 2.21. The minimum Gasteiger partial charge on any atom is -0.366 e. The molecule has 1 unspecified atom stereocenters. The number of carbonyl (C=O) groups excluding carboxylic acids is 1. The molecule has 1 saturated heterocycles. The van der Waals surface area contributed by atoms with E-state index in [9.17, 15) is 4.79 Å². The topological polar surface area (TPSA) is 87.9 Å². The van der Waals surface area contributed by atoms with Crippen LogP contribution in [0.25, 0.3) is 10.9 Å². The summed E-state index contributed by atoms with van der Waals surface area (Å²) in [5, 5.41) is 8.30. The average Bonchev–Trinajstić information content (AvgIpc) is 3.26. The molecule has 1 aliphatic heterocycles. The molecule has 1 fully saturated rings. The number of nitrogens with one attached hydrogen (secondary N) is 1. The summed E-state index contributed by atoms with van der Waals surface area (Å²) in [4.78, 5) is 19.1. The van der Waals surface area contributed by atoms with Gasteiger partial charge in [-0.3, -0.25) is 9.89 Å². The van der Waals surface area contributed by atoms with Crippen molar-refractivity contribution in [1.82, 2.24) is 15.2 Å². The molecule has 26 heavy (non-hydrogen) atoms. The van der Waals surface area contributed by atoms with Crippen LogP contribution in [0.1, 0.15) is 40.9 Å². The van der Waals surface area contributed by atoms with Crippen LogP contribution in [0, 0.1) is 0 Å². The van der Waals surface area contributed by atoms with E-state index in [2.05, 4.69) is 15.1 Å². The fourth-order valence-corrected chi connectivity index (χ4v) is 4.72. The third-order valence-corrected chi connectivity index (χ3v) is 5.99. The highest BCUT2D eigenvalue weighted by atomic mass is 16.1. The van der Waals surface area contributed by atoms with Crippen LogP contribution in [0.2, 0.25) is 0 Å². The van der Waals surface area contributed by atoms with Crippen LogP contribution in [-0.4, -0.2) is 34.2 Å². The molecule has 2 aromatic heterocycles. The molecular formula is C20H21N5O. The first kappa shape index (κ1) is 15.4. The van der Waals surface area contributed by atoms with Crippen LogP contribution >= 0.6 is 0 Å². The number of H-pyrrole nitrogens is 1. The van der Waals surface area contributed by atoms with Crippen molar-refractivity contribution < 1.29 is 4.79 Å². The number of primary amides is 1. The van der Waals surface area contributed by atoms with Gasteiger partial charge in [0, 0.05) is 29.6 Å². The molecule has 132 valence electrons. The van der Waals surface area contributed by atoms with Gasteiger partial charge in [-0.25, -0.2) is 4.98 Å². The van der Waals surface area contributed by atoms with E-state index in [-0.39, 0.29) is 5.41 Å². The zero-order valence-corrected chi connectivity index (χ0v) is 14.5. The van der Waals surface area contributed by atoms with Crippen LogP contribution in [0.5, 0.6) is 0 Å². The van der Waals surface area contributed by atoms with E-state index in [1.807, 2.05) is 36.5 Å². The lowest BCUT2D eigenvalue weighted by Crippen LogP contribution is -2.45. The number of para-hydroxylation sites is 1. The summed E-state index contributed by atoms with van der Waals surface area (Å²) in [6.07, 6.45) is 6.44. The van der Waals surface area contributed by atoms with Crippen molar-refractivity contribution in [3.8, 4) is 0 Å². The third-order valence-electron chi connectivity index (χ3n) is 5.99. The van der Waals surface area contributed by atoms with Crippen molar-refractivity contribution in [2.75, 3.05) is 18.0 Å². The minimum absolute atomic E-state index is 0.115. The number of hydrogen-bond acceptors (Lipinski definition) is 4. The van der Waals surface area contributed by atoms with Gasteiger partial charge in [0.05, 0.1) is 17.3 Å². The number of pyridine rings is 1. The molecule has 1 spiro atoms. The Morgan fingerprint density at radius 1 is 1.27 bits per heavy atom. The van der Waals surface area contributed by atoms with E-state index in [0.717, 1.165) is 55.5 Å². The van der Waals surface area contributed by atoms with Crippen LogP contribution in [0.15, 0.2) is 36.5 Å². The van der Waals surface area contributed by atoms with Crippen molar-refractivity contribution in [2.45, 2.75) is 31.1 Å². The first-order valence-electron chi connectivity index (χ1n) is 9.14. The molecule has 1 aromatic carbocycles. The van der Waals surface area contributed by atoms with E-state index in [4.69, 9.17) is 10.7 Å². The highest BCUT2D eigenvalue weighted by molar-refractivity contribution is 6.06. The predicted octanol–water partition coefficient (Wildman–Crippen LogP) is 2.54. The molecular weight excluding hydrogens is 326 g/mol. The molecule has 1 aliphatic carbocycles. The molecule has 6 nitrogen and oxygen atoms in total. The van der Waals surface area contributed by atoms with E-state index in [0.29, 0.717) is 5.56 Å². The summed E-state index contributed by atoms with van der Waals surface area (Å²) in [6, 6.07) is 9.54. The van der Waals surface area contributed by atoms with Crippen LogP contribution in [-0.2, 0) is 11.8 Å². The summed E-state index contributed by atoms with van der Waals surface area (Å²) in [5.41, 5.74) is 9.75. The molecule has 0 radical (unpaired) electrons. The maximum absolute atomic E-state index is 12.0. The van der Waals surface area contributed by atoms with Crippen molar-refractivity contribution >= 4 is 22.6 Å². The lowest BCUT2D eigenvalue weighted by molar-refractivity contribution is 0.100. The molecule has 1 atom stereocenters. The van der Waals surface area contributed by atoms with Gasteiger partial charge >= 0.3 is 0 Å². The number of aryl methyl sites for hydroxylation is 1. The van der Waals surface area contributed by atoms with E-state index in [1.165, 1.54) is 11.3 Å². The van der Waals surface area contributed by atoms with E-state index < -0.39 is 5.91 Å². The number of anilines is 1. The number of aromatic nitrogens is 3. The average molecular weight is 347 g/mol. The quantitative estimate of drug-likeness (QED) is 0.746. The Labute approximate surface area is 151 Å². The first-order valence-corrected chi connectivity index (χ1v) is 9.14. The second-order valence-electron chi connectivity index (χ2n) is 7.49. The number of amides is 1. The van der Waals surface area contributed by atoms with Crippen molar-refractivity contribution in [1.29, 1.82) is 0 Å². The summed E-state index contributed by atoms with van der Waals surface area (Å²) in [6.45, 7) is 1.83. The number of nitrogens with two attached hydrogens (primary N) is 1. The highest BCUT2D eigenvalue weighted by Crippen LogP contribution is 2.44. The molecule has 1 amide bonds. The van der Waals surface area contributed by atoms with Crippen molar-refractivity contribution in [3.05, 3.63) is 53.3 Å². The Hall–Kier alpha value is -2.89. The van der Waals surface area contributed by atoms with Gasteiger partial charge in [-0.2, -0.15) is 5.10 Å². The zero-order chi connectivity index (χ0) is 17.7. The number of carbonyl (C=O) groups is 1. The van der Waals surface area contributed by atoms with Gasteiger partial charge in [0.15, 0.2) is 0 Å². The van der Waals surface area contributed by atoms with Crippen molar-refractivity contribution in [2.24, 2.45) is 5.73 Å². The largest absolute Gasteiger partial charge is 0.366 e. The Bertz CT molecular complexity index is 1010. The SMILES string of the molecule is NC(=O)c1cc(N2CCCC3(CCc4cn[nH]c43)C2)nc2ccccc12. The highest BCUT2D eigenvalue weighted by Gasteiger charge is 2.43. The Balaban J connectivity index is 1.57. The lowest BCUT2D eigenvalue weighted by Gasteiger charge is -2.41. The number of fused-ring (bicyclic) bond motifs is 3.